The molecule has 7 nitrogen and oxygen atoms in total. The summed E-state index contributed by atoms with van der Waals surface area (Å²) in [5.74, 6) is -1.83. The van der Waals surface area contributed by atoms with Gasteiger partial charge in [-0.2, -0.15) is 5.10 Å². The lowest BCUT2D eigenvalue weighted by Gasteiger charge is -2.23. The van der Waals surface area contributed by atoms with Gasteiger partial charge in [-0.3, -0.25) is 14.7 Å². The summed E-state index contributed by atoms with van der Waals surface area (Å²) in [6.45, 7) is 7.96. The molecule has 0 aliphatic rings. The molecule has 1 heterocycles. The second-order valence-electron chi connectivity index (χ2n) is 8.94. The van der Waals surface area contributed by atoms with Crippen molar-refractivity contribution >= 4 is 17.6 Å². The molecule has 0 saturated heterocycles. The van der Waals surface area contributed by atoms with Gasteiger partial charge in [-0.25, -0.2) is 8.78 Å². The fourth-order valence-corrected chi connectivity index (χ4v) is 3.45. The molecule has 33 heavy (non-hydrogen) atoms. The Labute approximate surface area is 193 Å². The summed E-state index contributed by atoms with van der Waals surface area (Å²) in [4.78, 5) is 24.9. The average Bonchev–Trinajstić information content (AvgIpc) is 3.19. The Bertz CT molecular complexity index is 925. The Morgan fingerprint density at radius 2 is 1.85 bits per heavy atom. The fraction of sp³-hybridized carbons (Fsp3) is 0.542. The highest BCUT2D eigenvalue weighted by Gasteiger charge is 2.21. The van der Waals surface area contributed by atoms with Crippen LogP contribution in [0.5, 0.6) is 0 Å². The highest BCUT2D eigenvalue weighted by atomic mass is 19.1. The quantitative estimate of drug-likeness (QED) is 0.432. The SMILES string of the molecule is CCC(NC(=O)Cc1cc(F)cc(F)c1)C(=O)Nc1cc(C(C)CCCC(C)(C)OC)[nH]n1. The number of hydrogen-bond donors (Lipinski definition) is 3. The zero-order valence-electron chi connectivity index (χ0n) is 19.9. The van der Waals surface area contributed by atoms with E-state index in [1.807, 2.05) is 0 Å². The van der Waals surface area contributed by atoms with Gasteiger partial charge in [0, 0.05) is 24.9 Å². The van der Waals surface area contributed by atoms with Crippen LogP contribution in [0.3, 0.4) is 0 Å². The Morgan fingerprint density at radius 3 is 2.45 bits per heavy atom. The molecule has 182 valence electrons. The molecule has 9 heteroatoms. The van der Waals surface area contributed by atoms with Gasteiger partial charge in [-0.15, -0.1) is 0 Å². The average molecular weight is 465 g/mol. The van der Waals surface area contributed by atoms with E-state index in [-0.39, 0.29) is 23.5 Å². The van der Waals surface area contributed by atoms with Crippen LogP contribution in [0, 0.1) is 11.6 Å². The molecule has 2 amide bonds. The summed E-state index contributed by atoms with van der Waals surface area (Å²) in [7, 11) is 1.71. The molecular weight excluding hydrogens is 430 g/mol. The molecule has 0 spiro atoms. The maximum absolute atomic E-state index is 13.3. The van der Waals surface area contributed by atoms with Crippen LogP contribution in [0.1, 0.15) is 70.6 Å². The number of aromatic amines is 1. The maximum atomic E-state index is 13.3. The van der Waals surface area contributed by atoms with E-state index in [4.69, 9.17) is 4.74 Å². The van der Waals surface area contributed by atoms with Crippen LogP contribution in [0.2, 0.25) is 0 Å². The van der Waals surface area contributed by atoms with Gasteiger partial charge in [0.15, 0.2) is 5.82 Å². The summed E-state index contributed by atoms with van der Waals surface area (Å²) in [6.07, 6.45) is 2.98. The first-order valence-electron chi connectivity index (χ1n) is 11.2. The van der Waals surface area contributed by atoms with Gasteiger partial charge in [-0.1, -0.05) is 13.8 Å². The number of amides is 2. The number of nitrogens with one attached hydrogen (secondary N) is 3. The molecule has 0 saturated carbocycles. The molecular formula is C24H34F2N4O3. The number of benzene rings is 1. The second kappa shape index (κ2) is 11.9. The van der Waals surface area contributed by atoms with Crippen molar-refractivity contribution in [3.05, 3.63) is 47.2 Å². The van der Waals surface area contributed by atoms with Crippen LogP contribution in [0.4, 0.5) is 14.6 Å². The molecule has 2 unspecified atom stereocenters. The predicted octanol–water partition coefficient (Wildman–Crippen LogP) is 4.46. The van der Waals surface area contributed by atoms with Gasteiger partial charge in [0.05, 0.1) is 12.0 Å². The fourth-order valence-electron chi connectivity index (χ4n) is 3.45. The van der Waals surface area contributed by atoms with Gasteiger partial charge in [0.1, 0.15) is 17.7 Å². The van der Waals surface area contributed by atoms with Gasteiger partial charge >= 0.3 is 0 Å². The monoisotopic (exact) mass is 464 g/mol. The van der Waals surface area contributed by atoms with Crippen molar-refractivity contribution in [2.24, 2.45) is 0 Å². The molecule has 0 aliphatic carbocycles. The number of methoxy groups -OCH3 is 1. The van der Waals surface area contributed by atoms with E-state index in [2.05, 4.69) is 41.6 Å². The van der Waals surface area contributed by atoms with Gasteiger partial charge < -0.3 is 15.4 Å². The lowest BCUT2D eigenvalue weighted by molar-refractivity contribution is -0.126. The smallest absolute Gasteiger partial charge is 0.248 e. The number of rotatable bonds is 12. The zero-order valence-corrected chi connectivity index (χ0v) is 19.9. The van der Waals surface area contributed by atoms with E-state index in [1.165, 1.54) is 0 Å². The Hall–Kier alpha value is -2.81. The number of carbonyl (C=O) groups is 2. The topological polar surface area (TPSA) is 96.1 Å². The number of aromatic nitrogens is 2. The van der Waals surface area contributed by atoms with Crippen molar-refractivity contribution in [3.8, 4) is 0 Å². The largest absolute Gasteiger partial charge is 0.379 e. The van der Waals surface area contributed by atoms with E-state index in [1.54, 1.807) is 20.1 Å². The number of halogens is 2. The first-order valence-corrected chi connectivity index (χ1v) is 11.2. The summed E-state index contributed by atoms with van der Waals surface area (Å²) in [6, 6.07) is 3.90. The minimum absolute atomic E-state index is 0.157. The normalized spacial score (nSPS) is 13.4. The molecule has 0 aliphatic heterocycles. The number of ether oxygens (including phenoxy) is 1. The first kappa shape index (κ1) is 26.4. The van der Waals surface area contributed by atoms with Crippen LogP contribution >= 0.6 is 0 Å². The van der Waals surface area contributed by atoms with Crippen molar-refractivity contribution < 1.29 is 23.1 Å². The Morgan fingerprint density at radius 1 is 1.18 bits per heavy atom. The van der Waals surface area contributed by atoms with Crippen molar-refractivity contribution in [2.75, 3.05) is 12.4 Å². The minimum atomic E-state index is -0.801. The predicted molar refractivity (Wildman–Crippen MR) is 123 cm³/mol. The standard InChI is InChI=1S/C24H34F2N4O3/c1-6-19(27-22(31)12-16-10-17(25)13-18(26)11-16)23(32)28-21-14-20(29-30-21)15(2)8-7-9-24(3,4)33-5/h10-11,13-15,19H,6-9,12H2,1-5H3,(H,27,31)(H2,28,29,30,32). The van der Waals surface area contributed by atoms with E-state index in [0.29, 0.717) is 12.2 Å². The van der Waals surface area contributed by atoms with E-state index >= 15 is 0 Å². The van der Waals surface area contributed by atoms with Crippen molar-refractivity contribution in [1.82, 2.24) is 15.5 Å². The highest BCUT2D eigenvalue weighted by Crippen LogP contribution is 2.25. The molecule has 3 N–H and O–H groups in total. The third kappa shape index (κ3) is 8.57. The van der Waals surface area contributed by atoms with Crippen LogP contribution < -0.4 is 10.6 Å². The molecule has 0 radical (unpaired) electrons. The van der Waals surface area contributed by atoms with Crippen molar-refractivity contribution in [2.45, 2.75) is 77.4 Å². The number of nitrogens with zero attached hydrogens (tertiary/aromatic N) is 1. The van der Waals surface area contributed by atoms with Crippen LogP contribution in [-0.2, 0) is 20.7 Å². The van der Waals surface area contributed by atoms with Gasteiger partial charge in [0.25, 0.3) is 0 Å². The summed E-state index contributed by atoms with van der Waals surface area (Å²) in [5.41, 5.74) is 0.945. The van der Waals surface area contributed by atoms with Crippen molar-refractivity contribution in [3.63, 3.8) is 0 Å². The summed E-state index contributed by atoms with van der Waals surface area (Å²) in [5, 5.41) is 12.4. The Balaban J connectivity index is 1.88. The molecule has 1 aromatic heterocycles. The second-order valence-corrected chi connectivity index (χ2v) is 8.94. The van der Waals surface area contributed by atoms with Crippen LogP contribution in [-0.4, -0.2) is 40.8 Å². The van der Waals surface area contributed by atoms with Gasteiger partial charge in [0.2, 0.25) is 11.8 Å². The Kier molecular flexibility index (Phi) is 9.52. The summed E-state index contributed by atoms with van der Waals surface area (Å²) >= 11 is 0. The van der Waals surface area contributed by atoms with Crippen LogP contribution in [0.15, 0.2) is 24.3 Å². The van der Waals surface area contributed by atoms with Crippen LogP contribution in [0.25, 0.3) is 0 Å². The first-order chi connectivity index (χ1) is 15.5. The molecule has 2 atom stereocenters. The zero-order chi connectivity index (χ0) is 24.6. The maximum Gasteiger partial charge on any atom is 0.248 e. The lowest BCUT2D eigenvalue weighted by atomic mass is 9.95. The number of carbonyl (C=O) groups excluding carboxylic acids is 2. The molecule has 0 fully saturated rings. The lowest BCUT2D eigenvalue weighted by Crippen LogP contribution is -2.44. The number of hydrogen-bond acceptors (Lipinski definition) is 4. The molecule has 2 rings (SSSR count). The van der Waals surface area contributed by atoms with E-state index < -0.39 is 29.5 Å². The highest BCUT2D eigenvalue weighted by molar-refractivity contribution is 5.96. The van der Waals surface area contributed by atoms with E-state index in [0.717, 1.165) is 43.2 Å². The molecule has 0 bridgehead atoms. The summed E-state index contributed by atoms with van der Waals surface area (Å²) < 4.78 is 32.1. The third-order valence-electron chi connectivity index (χ3n) is 5.70. The third-order valence-corrected chi connectivity index (χ3v) is 5.70. The number of anilines is 1. The van der Waals surface area contributed by atoms with E-state index in [9.17, 15) is 18.4 Å². The molecule has 2 aromatic rings. The van der Waals surface area contributed by atoms with Gasteiger partial charge in [-0.05, 0) is 63.1 Å². The minimum Gasteiger partial charge on any atom is -0.379 e. The van der Waals surface area contributed by atoms with Crippen molar-refractivity contribution in [1.29, 1.82) is 0 Å². The molecule has 1 aromatic carbocycles. The number of H-pyrrole nitrogens is 1.